The summed E-state index contributed by atoms with van der Waals surface area (Å²) in [4.78, 5) is 12.0. The van der Waals surface area contributed by atoms with Crippen LogP contribution in [0.5, 0.6) is 0 Å². The van der Waals surface area contributed by atoms with Crippen molar-refractivity contribution in [3.63, 3.8) is 0 Å². The van der Waals surface area contributed by atoms with Crippen molar-refractivity contribution in [1.29, 1.82) is 0 Å². The number of carbonyl (C=O) groups is 1. The summed E-state index contributed by atoms with van der Waals surface area (Å²) in [6, 6.07) is 10.1. The first-order chi connectivity index (χ1) is 10.4. The van der Waals surface area contributed by atoms with Gasteiger partial charge in [-0.1, -0.05) is 12.1 Å². The number of aromatic nitrogens is 2. The number of amides is 1. The summed E-state index contributed by atoms with van der Waals surface area (Å²) in [7, 11) is 0. The molecule has 0 radical (unpaired) electrons. The predicted molar refractivity (Wildman–Crippen MR) is 85.7 cm³/mol. The maximum Gasteiger partial charge on any atom is 0.240 e. The topological polar surface area (TPSA) is 72.9 Å². The number of nitrogens with zero attached hydrogens (tertiary/aromatic N) is 2. The van der Waals surface area contributed by atoms with Gasteiger partial charge in [-0.25, -0.2) is 4.68 Å². The normalized spacial score (nSPS) is 17.1. The Hall–Kier alpha value is -2.14. The summed E-state index contributed by atoms with van der Waals surface area (Å²) < 4.78 is 1.92. The van der Waals surface area contributed by atoms with Gasteiger partial charge in [-0.3, -0.25) is 4.79 Å². The van der Waals surface area contributed by atoms with Crippen LogP contribution in [0.25, 0.3) is 5.69 Å². The molecule has 1 aromatic heterocycles. The van der Waals surface area contributed by atoms with Crippen molar-refractivity contribution in [2.75, 3.05) is 0 Å². The Kier molecular flexibility index (Phi) is 3.53. The number of rotatable bonds is 4. The SMILES string of the molecule is Cc1cc(C)n(-c2ccc(C(C)NC(=O)C3(N)CC3)cc2)n1. The minimum atomic E-state index is -0.627. The van der Waals surface area contributed by atoms with Gasteiger partial charge in [0.15, 0.2) is 0 Å². The van der Waals surface area contributed by atoms with Gasteiger partial charge in [0.25, 0.3) is 0 Å². The molecule has 22 heavy (non-hydrogen) atoms. The first-order valence-electron chi connectivity index (χ1n) is 7.62. The summed E-state index contributed by atoms with van der Waals surface area (Å²) in [5.41, 5.74) is 9.46. The molecule has 1 aliphatic rings. The van der Waals surface area contributed by atoms with Gasteiger partial charge in [-0.05, 0) is 57.4 Å². The Bertz CT molecular complexity index is 698. The lowest BCUT2D eigenvalue weighted by Crippen LogP contribution is -2.43. The molecule has 1 aliphatic carbocycles. The van der Waals surface area contributed by atoms with Crippen molar-refractivity contribution in [1.82, 2.24) is 15.1 Å². The number of nitrogens with one attached hydrogen (secondary N) is 1. The molecule has 0 aliphatic heterocycles. The first-order valence-corrected chi connectivity index (χ1v) is 7.62. The first kappa shape index (κ1) is 14.8. The molecule has 116 valence electrons. The Morgan fingerprint density at radius 3 is 2.45 bits per heavy atom. The van der Waals surface area contributed by atoms with Crippen LogP contribution < -0.4 is 11.1 Å². The van der Waals surface area contributed by atoms with Crippen molar-refractivity contribution < 1.29 is 4.79 Å². The molecular formula is C17H22N4O. The number of benzene rings is 1. The van der Waals surface area contributed by atoms with E-state index in [4.69, 9.17) is 5.73 Å². The number of carbonyl (C=O) groups excluding carboxylic acids is 1. The zero-order valence-electron chi connectivity index (χ0n) is 13.3. The van der Waals surface area contributed by atoms with E-state index in [0.717, 1.165) is 35.5 Å². The quantitative estimate of drug-likeness (QED) is 0.908. The average molecular weight is 298 g/mol. The second-order valence-electron chi connectivity index (χ2n) is 6.28. The van der Waals surface area contributed by atoms with Crippen LogP contribution in [0.1, 0.15) is 42.8 Å². The fraction of sp³-hybridized carbons (Fsp3) is 0.412. The standard InChI is InChI=1S/C17H22N4O/c1-11-10-12(2)21(20-11)15-6-4-14(5-7-15)13(3)19-16(22)17(18)8-9-17/h4-7,10,13H,8-9,18H2,1-3H3,(H,19,22). The maximum atomic E-state index is 12.0. The molecule has 1 atom stereocenters. The van der Waals surface area contributed by atoms with Crippen LogP contribution in [0.4, 0.5) is 0 Å². The van der Waals surface area contributed by atoms with Crippen LogP contribution in [-0.2, 0) is 4.79 Å². The number of hydrogen-bond acceptors (Lipinski definition) is 3. The zero-order chi connectivity index (χ0) is 15.9. The molecule has 2 aromatic rings. The second kappa shape index (κ2) is 5.25. The molecule has 0 spiro atoms. The van der Waals surface area contributed by atoms with Crippen LogP contribution in [-0.4, -0.2) is 21.2 Å². The minimum absolute atomic E-state index is 0.0528. The van der Waals surface area contributed by atoms with Crippen molar-refractivity contribution in [2.45, 2.75) is 45.2 Å². The monoisotopic (exact) mass is 298 g/mol. The van der Waals surface area contributed by atoms with E-state index >= 15 is 0 Å². The highest BCUT2D eigenvalue weighted by molar-refractivity contribution is 5.89. The molecule has 3 rings (SSSR count). The van der Waals surface area contributed by atoms with Crippen molar-refractivity contribution in [3.05, 3.63) is 47.3 Å². The summed E-state index contributed by atoms with van der Waals surface area (Å²) in [6.07, 6.45) is 1.56. The molecule has 0 saturated heterocycles. The predicted octanol–water partition coefficient (Wildman–Crippen LogP) is 2.16. The average Bonchev–Trinajstić information content (AvgIpc) is 3.15. The summed E-state index contributed by atoms with van der Waals surface area (Å²) in [5, 5.41) is 7.46. The third-order valence-electron chi connectivity index (χ3n) is 4.24. The highest BCUT2D eigenvalue weighted by Crippen LogP contribution is 2.33. The van der Waals surface area contributed by atoms with E-state index in [2.05, 4.69) is 10.4 Å². The van der Waals surface area contributed by atoms with E-state index in [1.165, 1.54) is 0 Å². The molecule has 3 N–H and O–H groups in total. The third-order valence-corrected chi connectivity index (χ3v) is 4.24. The maximum absolute atomic E-state index is 12.0. The molecule has 1 fully saturated rings. The van der Waals surface area contributed by atoms with E-state index in [9.17, 15) is 4.79 Å². The van der Waals surface area contributed by atoms with Gasteiger partial charge in [0, 0.05) is 5.69 Å². The Morgan fingerprint density at radius 2 is 1.95 bits per heavy atom. The van der Waals surface area contributed by atoms with Crippen LogP contribution in [0.2, 0.25) is 0 Å². The Balaban J connectivity index is 1.73. The smallest absolute Gasteiger partial charge is 0.240 e. The highest BCUT2D eigenvalue weighted by atomic mass is 16.2. The van der Waals surface area contributed by atoms with Gasteiger partial charge in [0.2, 0.25) is 5.91 Å². The molecule has 5 nitrogen and oxygen atoms in total. The van der Waals surface area contributed by atoms with Gasteiger partial charge in [0.05, 0.1) is 23.0 Å². The van der Waals surface area contributed by atoms with Crippen molar-refractivity contribution in [3.8, 4) is 5.69 Å². The lowest BCUT2D eigenvalue weighted by molar-refractivity contribution is -0.123. The molecule has 1 unspecified atom stereocenters. The highest BCUT2D eigenvalue weighted by Gasteiger charge is 2.46. The Labute approximate surface area is 130 Å². The van der Waals surface area contributed by atoms with Gasteiger partial charge in [-0.15, -0.1) is 0 Å². The summed E-state index contributed by atoms with van der Waals surface area (Å²) >= 11 is 0. The fourth-order valence-electron chi connectivity index (χ4n) is 2.58. The fourth-order valence-corrected chi connectivity index (χ4v) is 2.58. The van der Waals surface area contributed by atoms with Gasteiger partial charge in [-0.2, -0.15) is 5.10 Å². The van der Waals surface area contributed by atoms with Crippen LogP contribution in [0.15, 0.2) is 30.3 Å². The minimum Gasteiger partial charge on any atom is -0.348 e. The number of hydrogen-bond donors (Lipinski definition) is 2. The van der Waals surface area contributed by atoms with Crippen LogP contribution in [0.3, 0.4) is 0 Å². The molecule has 1 aromatic carbocycles. The largest absolute Gasteiger partial charge is 0.348 e. The van der Waals surface area contributed by atoms with Gasteiger partial charge >= 0.3 is 0 Å². The molecule has 1 saturated carbocycles. The summed E-state index contributed by atoms with van der Waals surface area (Å²) in [6.45, 7) is 5.99. The lowest BCUT2D eigenvalue weighted by Gasteiger charge is -2.17. The molecule has 0 bridgehead atoms. The van der Waals surface area contributed by atoms with E-state index < -0.39 is 5.54 Å². The Morgan fingerprint density at radius 1 is 1.32 bits per heavy atom. The lowest BCUT2D eigenvalue weighted by atomic mass is 10.1. The van der Waals surface area contributed by atoms with E-state index in [0.29, 0.717) is 0 Å². The second-order valence-corrected chi connectivity index (χ2v) is 6.28. The molecule has 1 amide bonds. The van der Waals surface area contributed by atoms with Crippen molar-refractivity contribution >= 4 is 5.91 Å². The van der Waals surface area contributed by atoms with Crippen LogP contribution >= 0.6 is 0 Å². The summed E-state index contributed by atoms with van der Waals surface area (Å²) in [5.74, 6) is -0.0531. The number of aryl methyl sites for hydroxylation is 2. The zero-order valence-corrected chi connectivity index (χ0v) is 13.3. The van der Waals surface area contributed by atoms with Crippen molar-refractivity contribution in [2.24, 2.45) is 5.73 Å². The molecule has 5 heteroatoms. The molecule has 1 heterocycles. The molecular weight excluding hydrogens is 276 g/mol. The number of nitrogens with two attached hydrogens (primary N) is 1. The van der Waals surface area contributed by atoms with E-state index in [-0.39, 0.29) is 11.9 Å². The van der Waals surface area contributed by atoms with E-state index in [1.807, 2.05) is 55.8 Å². The third kappa shape index (κ3) is 2.76. The van der Waals surface area contributed by atoms with Crippen LogP contribution in [0, 0.1) is 13.8 Å². The van der Waals surface area contributed by atoms with E-state index in [1.54, 1.807) is 0 Å². The van der Waals surface area contributed by atoms with Gasteiger partial charge < -0.3 is 11.1 Å². The van der Waals surface area contributed by atoms with Gasteiger partial charge in [0.1, 0.15) is 0 Å².